The Labute approximate surface area is 296 Å². The van der Waals surface area contributed by atoms with Crippen LogP contribution in [0.25, 0.3) is 34.2 Å². The van der Waals surface area contributed by atoms with E-state index in [1.54, 1.807) is 0 Å². The van der Waals surface area contributed by atoms with E-state index in [0.717, 1.165) is 50.4 Å². The van der Waals surface area contributed by atoms with E-state index in [0.29, 0.717) is 22.5 Å². The fraction of sp³-hybridized carbons (Fsp3) is 0.0682. The minimum atomic E-state index is -0.719. The predicted molar refractivity (Wildman–Crippen MR) is 204 cm³/mol. The van der Waals surface area contributed by atoms with Crippen molar-refractivity contribution in [1.29, 1.82) is 0 Å². The van der Waals surface area contributed by atoms with Crippen LogP contribution in [0, 0.1) is 0 Å². The number of halogens is 1. The summed E-state index contributed by atoms with van der Waals surface area (Å²) >= 11 is 6.40. The zero-order valence-electron chi connectivity index (χ0n) is 27.4. The number of benzene rings is 6. The molecule has 50 heavy (non-hydrogen) atoms. The van der Waals surface area contributed by atoms with Crippen LogP contribution in [-0.2, 0) is 5.54 Å². The van der Waals surface area contributed by atoms with Crippen LogP contribution in [0.15, 0.2) is 180 Å². The lowest BCUT2D eigenvalue weighted by Gasteiger charge is -2.38. The average molecular weight is 666 g/mol. The van der Waals surface area contributed by atoms with Gasteiger partial charge in [0.15, 0.2) is 17.5 Å². The monoisotopic (exact) mass is 665 g/mol. The summed E-state index contributed by atoms with van der Waals surface area (Å²) in [6, 6.07) is 56.7. The first kappa shape index (κ1) is 31.2. The van der Waals surface area contributed by atoms with E-state index in [-0.39, 0.29) is 6.04 Å². The van der Waals surface area contributed by atoms with E-state index in [2.05, 4.69) is 73.7 Å². The van der Waals surface area contributed by atoms with Gasteiger partial charge in [-0.05, 0) is 36.2 Å². The van der Waals surface area contributed by atoms with E-state index < -0.39 is 5.54 Å². The maximum atomic E-state index is 6.40. The summed E-state index contributed by atoms with van der Waals surface area (Å²) in [7, 11) is 0. The maximum absolute atomic E-state index is 6.40. The van der Waals surface area contributed by atoms with Crippen LogP contribution in [0.1, 0.15) is 35.2 Å². The molecule has 7 aromatic rings. The average Bonchev–Trinajstić information content (AvgIpc) is 3.19. The molecule has 5 nitrogen and oxygen atoms in total. The Morgan fingerprint density at radius 2 is 0.920 bits per heavy atom. The van der Waals surface area contributed by atoms with Gasteiger partial charge in [0.25, 0.3) is 0 Å². The molecule has 6 heteroatoms. The van der Waals surface area contributed by atoms with Gasteiger partial charge >= 0.3 is 0 Å². The summed E-state index contributed by atoms with van der Waals surface area (Å²) in [5, 5.41) is 0.618. The molecule has 1 aromatic heterocycles. The van der Waals surface area contributed by atoms with Crippen LogP contribution in [0.2, 0.25) is 5.02 Å². The van der Waals surface area contributed by atoms with Gasteiger partial charge < -0.3 is 0 Å². The summed E-state index contributed by atoms with van der Waals surface area (Å²) in [5.74, 6) is 1.70. The van der Waals surface area contributed by atoms with Crippen molar-refractivity contribution in [3.05, 3.63) is 197 Å². The van der Waals surface area contributed by atoms with E-state index in [1.807, 2.05) is 103 Å². The van der Waals surface area contributed by atoms with Gasteiger partial charge in [0.05, 0.1) is 11.4 Å². The minimum Gasteiger partial charge on any atom is -0.271 e. The number of hydrogen-bond acceptors (Lipinski definition) is 5. The summed E-state index contributed by atoms with van der Waals surface area (Å²) in [5.41, 5.74) is 7.70. The largest absolute Gasteiger partial charge is 0.271 e. The normalized spacial score (nSPS) is 17.1. The number of hydrogen-bond donors (Lipinski definition) is 0. The molecule has 0 radical (unpaired) electrons. The number of aromatic nitrogens is 3. The van der Waals surface area contributed by atoms with Crippen LogP contribution < -0.4 is 0 Å². The third-order valence-electron chi connectivity index (χ3n) is 9.02. The van der Waals surface area contributed by atoms with Crippen molar-refractivity contribution in [2.75, 3.05) is 0 Å². The number of aliphatic imine (C=N–C) groups is 2. The Kier molecular flexibility index (Phi) is 8.41. The molecule has 0 amide bonds. The summed E-state index contributed by atoms with van der Waals surface area (Å²) < 4.78 is 0. The maximum Gasteiger partial charge on any atom is 0.164 e. The highest BCUT2D eigenvalue weighted by atomic mass is 35.5. The Morgan fingerprint density at radius 1 is 0.460 bits per heavy atom. The minimum absolute atomic E-state index is 0.352. The Bertz CT molecular complexity index is 2340. The van der Waals surface area contributed by atoms with Crippen molar-refractivity contribution in [3.63, 3.8) is 0 Å². The lowest BCUT2D eigenvalue weighted by atomic mass is 9.79. The third-order valence-corrected chi connectivity index (χ3v) is 9.26. The quantitative estimate of drug-likeness (QED) is 0.170. The van der Waals surface area contributed by atoms with Crippen LogP contribution in [-0.4, -0.2) is 26.4 Å². The first-order valence-corrected chi connectivity index (χ1v) is 17.0. The van der Waals surface area contributed by atoms with E-state index in [4.69, 9.17) is 36.5 Å². The molecule has 6 aromatic carbocycles. The van der Waals surface area contributed by atoms with Gasteiger partial charge in [-0.3, -0.25) is 9.98 Å². The molecule has 0 spiro atoms. The second-order valence-corrected chi connectivity index (χ2v) is 12.8. The SMILES string of the molecule is C[C@]1(c2ccccc2)N=C(c2ccccc2)C(c2ccccc2)=NC1c1cccc(-c2nc(-c3ccccc3)nc(-c3cccc(Cl)c3)n2)c1. The first-order valence-electron chi connectivity index (χ1n) is 16.6. The van der Waals surface area contributed by atoms with Gasteiger partial charge in [0, 0.05) is 32.8 Å². The highest BCUT2D eigenvalue weighted by Gasteiger charge is 2.41. The van der Waals surface area contributed by atoms with E-state index in [1.165, 1.54) is 0 Å². The molecule has 2 atom stereocenters. The molecular formula is C44H32ClN5. The number of nitrogens with zero attached hydrogens (tertiary/aromatic N) is 5. The standard InChI is InChI=1S/C44H32ClN5/c1-44(36-25-12-5-13-26-36)40(46-38(30-16-6-2-7-17-30)39(50-44)31-18-8-3-9-19-31)33-22-14-23-34(28-33)42-47-41(32-20-10-4-11-21-32)48-43(49-42)35-24-15-27-37(45)29-35/h2-29,40H,1H3/t40?,44-/m1/s1. The number of rotatable bonds is 7. The van der Waals surface area contributed by atoms with Crippen molar-refractivity contribution >= 4 is 23.0 Å². The van der Waals surface area contributed by atoms with Gasteiger partial charge in [-0.2, -0.15) is 0 Å². The zero-order chi connectivity index (χ0) is 33.9. The lowest BCUT2D eigenvalue weighted by Crippen LogP contribution is -2.36. The molecule has 1 aliphatic rings. The molecule has 1 aliphatic heterocycles. The molecule has 8 rings (SSSR count). The molecule has 0 N–H and O–H groups in total. The lowest BCUT2D eigenvalue weighted by molar-refractivity contribution is 0.399. The highest BCUT2D eigenvalue weighted by molar-refractivity contribution is 6.54. The van der Waals surface area contributed by atoms with Gasteiger partial charge in [-0.1, -0.05) is 163 Å². The second kappa shape index (κ2) is 13.5. The van der Waals surface area contributed by atoms with Crippen molar-refractivity contribution in [3.8, 4) is 34.2 Å². The Hall–Kier alpha value is -6.04. The van der Waals surface area contributed by atoms with Crippen LogP contribution in [0.5, 0.6) is 0 Å². The topological polar surface area (TPSA) is 63.4 Å². The fourth-order valence-corrected chi connectivity index (χ4v) is 6.68. The summed E-state index contributed by atoms with van der Waals surface area (Å²) in [6.45, 7) is 2.18. The molecule has 1 unspecified atom stereocenters. The molecular weight excluding hydrogens is 634 g/mol. The van der Waals surface area contributed by atoms with Gasteiger partial charge in [-0.25, -0.2) is 15.0 Å². The molecule has 0 fully saturated rings. The van der Waals surface area contributed by atoms with Gasteiger partial charge in [-0.15, -0.1) is 0 Å². The molecule has 0 saturated heterocycles. The Balaban J connectivity index is 1.31. The van der Waals surface area contributed by atoms with E-state index >= 15 is 0 Å². The van der Waals surface area contributed by atoms with Crippen molar-refractivity contribution in [2.45, 2.75) is 18.5 Å². The zero-order valence-corrected chi connectivity index (χ0v) is 28.1. The van der Waals surface area contributed by atoms with Gasteiger partial charge in [0.1, 0.15) is 11.6 Å². The van der Waals surface area contributed by atoms with E-state index in [9.17, 15) is 0 Å². The summed E-state index contributed by atoms with van der Waals surface area (Å²) in [6.07, 6.45) is 0. The van der Waals surface area contributed by atoms with Crippen LogP contribution in [0.3, 0.4) is 0 Å². The Morgan fingerprint density at radius 3 is 1.50 bits per heavy atom. The molecule has 0 saturated carbocycles. The molecule has 0 bridgehead atoms. The second-order valence-electron chi connectivity index (χ2n) is 12.4. The van der Waals surface area contributed by atoms with Crippen LogP contribution in [0.4, 0.5) is 0 Å². The van der Waals surface area contributed by atoms with Crippen molar-refractivity contribution in [2.24, 2.45) is 9.98 Å². The summed E-state index contributed by atoms with van der Waals surface area (Å²) in [4.78, 5) is 26.1. The van der Waals surface area contributed by atoms with Crippen LogP contribution >= 0.6 is 11.6 Å². The fourth-order valence-electron chi connectivity index (χ4n) is 6.49. The first-order chi connectivity index (χ1) is 24.5. The van der Waals surface area contributed by atoms with Crippen molar-refractivity contribution in [1.82, 2.24) is 15.0 Å². The van der Waals surface area contributed by atoms with Gasteiger partial charge in [0.2, 0.25) is 0 Å². The smallest absolute Gasteiger partial charge is 0.164 e. The molecule has 240 valence electrons. The highest BCUT2D eigenvalue weighted by Crippen LogP contribution is 2.45. The third kappa shape index (κ3) is 6.15. The molecule has 2 heterocycles. The molecule has 0 aliphatic carbocycles. The van der Waals surface area contributed by atoms with Crippen molar-refractivity contribution < 1.29 is 0 Å². The predicted octanol–water partition coefficient (Wildman–Crippen LogP) is 10.5.